The predicted octanol–water partition coefficient (Wildman–Crippen LogP) is 4.94. The maximum atomic E-state index is 13.9. The van der Waals surface area contributed by atoms with E-state index in [9.17, 15) is 13.2 Å². The van der Waals surface area contributed by atoms with E-state index >= 15 is 0 Å². The van der Waals surface area contributed by atoms with Crippen molar-refractivity contribution >= 4 is 38.2 Å². The third kappa shape index (κ3) is 4.74. The van der Waals surface area contributed by atoms with Gasteiger partial charge in [0, 0.05) is 28.6 Å². The van der Waals surface area contributed by atoms with Crippen molar-refractivity contribution in [3.8, 4) is 34.0 Å². The molecule has 3 aromatic heterocycles. The molecule has 0 aliphatic heterocycles. The SMILES string of the molecule is CS(=O)(=O)c1cccc(-n2cc3c(=O)n(-c4ccc(Cl)cc4)c(-c4ccc(-c5ccc(N)cn5)cc4)nc3n2)c1. The molecular weight excluding hydrogens is 548 g/mol. The summed E-state index contributed by atoms with van der Waals surface area (Å²) in [4.78, 5) is 23.2. The van der Waals surface area contributed by atoms with Gasteiger partial charge in [0.25, 0.3) is 5.56 Å². The molecule has 6 aromatic rings. The highest BCUT2D eigenvalue weighted by molar-refractivity contribution is 7.90. The highest BCUT2D eigenvalue weighted by Gasteiger charge is 2.18. The van der Waals surface area contributed by atoms with Gasteiger partial charge in [-0.25, -0.2) is 18.1 Å². The zero-order valence-corrected chi connectivity index (χ0v) is 22.6. The van der Waals surface area contributed by atoms with Gasteiger partial charge >= 0.3 is 0 Å². The topological polar surface area (TPSA) is 126 Å². The number of aromatic nitrogens is 5. The summed E-state index contributed by atoms with van der Waals surface area (Å²) in [6, 6.07) is 24.4. The van der Waals surface area contributed by atoms with E-state index in [-0.39, 0.29) is 21.5 Å². The fraction of sp³-hybridized carbons (Fsp3) is 0.0345. The summed E-state index contributed by atoms with van der Waals surface area (Å²) in [5, 5.41) is 5.33. The Labute approximate surface area is 234 Å². The monoisotopic (exact) mass is 568 g/mol. The van der Waals surface area contributed by atoms with Crippen LogP contribution in [0.1, 0.15) is 0 Å². The fourth-order valence-corrected chi connectivity index (χ4v) is 5.13. The number of anilines is 1. The molecule has 0 atom stereocenters. The van der Waals surface area contributed by atoms with Gasteiger partial charge in [-0.1, -0.05) is 41.9 Å². The fourth-order valence-electron chi connectivity index (χ4n) is 4.34. The lowest BCUT2D eigenvalue weighted by molar-refractivity contribution is 0.601. The molecule has 9 nitrogen and oxygen atoms in total. The molecular formula is C29H21ClN6O3S. The van der Waals surface area contributed by atoms with Crippen LogP contribution in [0.15, 0.2) is 107 Å². The average molecular weight is 569 g/mol. The van der Waals surface area contributed by atoms with Crippen molar-refractivity contribution in [2.24, 2.45) is 0 Å². The first kappa shape index (κ1) is 25.5. The average Bonchev–Trinajstić information content (AvgIpc) is 3.39. The van der Waals surface area contributed by atoms with Crippen LogP contribution >= 0.6 is 11.6 Å². The van der Waals surface area contributed by atoms with Crippen LogP contribution in [0.5, 0.6) is 0 Å². The minimum Gasteiger partial charge on any atom is -0.397 e. The highest BCUT2D eigenvalue weighted by Crippen LogP contribution is 2.26. The molecule has 3 aromatic carbocycles. The van der Waals surface area contributed by atoms with Crippen molar-refractivity contribution in [3.63, 3.8) is 0 Å². The smallest absolute Gasteiger partial charge is 0.269 e. The zero-order valence-electron chi connectivity index (χ0n) is 21.1. The number of fused-ring (bicyclic) bond motifs is 1. The minimum absolute atomic E-state index is 0.146. The lowest BCUT2D eigenvalue weighted by atomic mass is 10.1. The molecule has 198 valence electrons. The van der Waals surface area contributed by atoms with Crippen LogP contribution in [0.3, 0.4) is 0 Å². The molecule has 6 rings (SSSR count). The maximum absolute atomic E-state index is 13.9. The molecule has 40 heavy (non-hydrogen) atoms. The number of hydrogen-bond donors (Lipinski definition) is 1. The van der Waals surface area contributed by atoms with Crippen LogP contribution < -0.4 is 11.3 Å². The number of benzene rings is 3. The number of nitrogen functional groups attached to an aromatic ring is 1. The van der Waals surface area contributed by atoms with Gasteiger partial charge in [-0.05, 0) is 54.6 Å². The van der Waals surface area contributed by atoms with Gasteiger partial charge in [0.2, 0.25) is 0 Å². The number of sulfone groups is 1. The summed E-state index contributed by atoms with van der Waals surface area (Å²) in [5.41, 5.74) is 9.61. The van der Waals surface area contributed by atoms with E-state index in [2.05, 4.69) is 10.1 Å². The highest BCUT2D eigenvalue weighted by atomic mass is 35.5. The van der Waals surface area contributed by atoms with E-state index < -0.39 is 9.84 Å². The Morgan fingerprint density at radius 1 is 0.875 bits per heavy atom. The van der Waals surface area contributed by atoms with E-state index in [0.717, 1.165) is 17.5 Å². The van der Waals surface area contributed by atoms with Gasteiger partial charge < -0.3 is 5.73 Å². The lowest BCUT2D eigenvalue weighted by Gasteiger charge is -2.13. The van der Waals surface area contributed by atoms with E-state index in [4.69, 9.17) is 22.3 Å². The first-order valence-electron chi connectivity index (χ1n) is 12.1. The Morgan fingerprint density at radius 3 is 2.27 bits per heavy atom. The van der Waals surface area contributed by atoms with Crippen molar-refractivity contribution < 1.29 is 8.42 Å². The first-order chi connectivity index (χ1) is 19.2. The molecule has 0 spiro atoms. The van der Waals surface area contributed by atoms with Crippen LogP contribution in [-0.4, -0.2) is 39.0 Å². The van der Waals surface area contributed by atoms with Crippen molar-refractivity contribution in [2.75, 3.05) is 12.0 Å². The molecule has 2 N–H and O–H groups in total. The van der Waals surface area contributed by atoms with Gasteiger partial charge in [-0.3, -0.25) is 14.3 Å². The normalized spacial score (nSPS) is 11.7. The summed E-state index contributed by atoms with van der Waals surface area (Å²) < 4.78 is 27.1. The second kappa shape index (κ2) is 9.74. The van der Waals surface area contributed by atoms with Crippen molar-refractivity contribution in [1.82, 2.24) is 24.3 Å². The maximum Gasteiger partial charge on any atom is 0.269 e. The largest absolute Gasteiger partial charge is 0.397 e. The molecule has 0 saturated heterocycles. The van der Waals surface area contributed by atoms with Crippen molar-refractivity contribution in [2.45, 2.75) is 4.90 Å². The van der Waals surface area contributed by atoms with E-state index in [1.807, 2.05) is 30.3 Å². The van der Waals surface area contributed by atoms with E-state index in [1.165, 1.54) is 21.4 Å². The molecule has 0 fully saturated rings. The lowest BCUT2D eigenvalue weighted by Crippen LogP contribution is -2.21. The van der Waals surface area contributed by atoms with Crippen LogP contribution in [0.25, 0.3) is 45.1 Å². The van der Waals surface area contributed by atoms with E-state index in [0.29, 0.717) is 33.5 Å². The molecule has 0 aliphatic rings. The molecule has 0 bridgehead atoms. The number of pyridine rings is 1. The Morgan fingerprint density at radius 2 is 1.60 bits per heavy atom. The van der Waals surface area contributed by atoms with Gasteiger partial charge in [-0.2, -0.15) is 0 Å². The molecule has 0 amide bonds. The Bertz CT molecular complexity index is 2050. The van der Waals surface area contributed by atoms with Crippen LogP contribution in [0, 0.1) is 0 Å². The summed E-state index contributed by atoms with van der Waals surface area (Å²) in [5.74, 6) is 0.381. The van der Waals surface area contributed by atoms with Crippen LogP contribution in [-0.2, 0) is 9.84 Å². The molecule has 0 unspecified atom stereocenters. The van der Waals surface area contributed by atoms with Gasteiger partial charge in [-0.15, -0.1) is 5.10 Å². The van der Waals surface area contributed by atoms with Gasteiger partial charge in [0.1, 0.15) is 11.2 Å². The Hall–Kier alpha value is -4.80. The molecule has 3 heterocycles. The van der Waals surface area contributed by atoms with E-state index in [1.54, 1.807) is 54.9 Å². The van der Waals surface area contributed by atoms with Gasteiger partial charge in [0.05, 0.1) is 33.8 Å². The molecule has 0 aliphatic carbocycles. The molecule has 0 saturated carbocycles. The first-order valence-corrected chi connectivity index (χ1v) is 14.4. The number of hydrogen-bond acceptors (Lipinski definition) is 7. The third-order valence-electron chi connectivity index (χ3n) is 6.37. The van der Waals surface area contributed by atoms with Crippen molar-refractivity contribution in [1.29, 1.82) is 0 Å². The molecule has 11 heteroatoms. The number of nitrogens with two attached hydrogens (primary N) is 1. The third-order valence-corrected chi connectivity index (χ3v) is 7.73. The number of halogens is 1. The molecule has 0 radical (unpaired) electrons. The second-order valence-corrected chi connectivity index (χ2v) is 11.6. The number of rotatable bonds is 5. The predicted molar refractivity (Wildman–Crippen MR) is 156 cm³/mol. The zero-order chi connectivity index (χ0) is 28.0. The van der Waals surface area contributed by atoms with Gasteiger partial charge in [0.15, 0.2) is 15.5 Å². The van der Waals surface area contributed by atoms with Crippen LogP contribution in [0.4, 0.5) is 5.69 Å². The Kier molecular flexibility index (Phi) is 6.21. The standard InChI is InChI=1S/C29H21ClN6O3S/c1-40(38,39)24-4-2-3-23(15-24)35-17-25-27(34-35)33-28(36(29(25)37)22-12-9-20(30)10-13-22)19-7-5-18(6-8-19)26-14-11-21(31)16-32-26/h2-17H,31H2,1H3. The minimum atomic E-state index is -3.43. The quantitative estimate of drug-likeness (QED) is 0.312. The summed E-state index contributed by atoms with van der Waals surface area (Å²) in [6.45, 7) is 0. The summed E-state index contributed by atoms with van der Waals surface area (Å²) >= 11 is 6.12. The Balaban J connectivity index is 1.53. The van der Waals surface area contributed by atoms with Crippen molar-refractivity contribution in [3.05, 3.63) is 113 Å². The summed E-state index contributed by atoms with van der Waals surface area (Å²) in [7, 11) is -3.43. The number of nitrogens with zero attached hydrogens (tertiary/aromatic N) is 5. The van der Waals surface area contributed by atoms with Crippen LogP contribution in [0.2, 0.25) is 5.02 Å². The summed E-state index contributed by atoms with van der Waals surface area (Å²) in [6.07, 6.45) is 4.29. The second-order valence-electron chi connectivity index (χ2n) is 9.19.